The Kier molecular flexibility index (Phi) is 4.08. The molecule has 1 atom stereocenters. The first kappa shape index (κ1) is 13.5. The fraction of sp³-hybridized carbons (Fsp3) is 0.556. The van der Waals surface area contributed by atoms with Gasteiger partial charge in [0.15, 0.2) is 0 Å². The Morgan fingerprint density at radius 2 is 1.94 bits per heavy atom. The zero-order valence-corrected chi connectivity index (χ0v) is 9.03. The van der Waals surface area contributed by atoms with E-state index in [1.165, 1.54) is 6.92 Å². The van der Waals surface area contributed by atoms with E-state index in [0.29, 0.717) is 10.7 Å². The summed E-state index contributed by atoms with van der Waals surface area (Å²) in [6.45, 7) is 1.24. The number of halogens is 4. The highest BCUT2D eigenvalue weighted by Crippen LogP contribution is 2.27. The lowest BCUT2D eigenvalue weighted by atomic mass is 10.3. The lowest BCUT2D eigenvalue weighted by Crippen LogP contribution is -2.21. The Morgan fingerprint density at radius 3 is 2.35 bits per heavy atom. The molecule has 0 N–H and O–H groups in total. The summed E-state index contributed by atoms with van der Waals surface area (Å²) in [5, 5.41) is 3.29. The summed E-state index contributed by atoms with van der Waals surface area (Å²) in [5.41, 5.74) is -1.53. The number of carbonyl (C=O) groups is 1. The Balaban J connectivity index is 3.16. The molecular formula is C9H10F4N2O2. The summed E-state index contributed by atoms with van der Waals surface area (Å²) in [6, 6.07) is -0.606. The van der Waals surface area contributed by atoms with Gasteiger partial charge in [-0.25, -0.2) is 27.0 Å². The smallest absolute Gasteiger partial charge is 0.330 e. The molecule has 1 aromatic heterocycles. The van der Waals surface area contributed by atoms with Gasteiger partial charge in [0, 0.05) is 0 Å². The van der Waals surface area contributed by atoms with Crippen LogP contribution in [-0.4, -0.2) is 22.9 Å². The van der Waals surface area contributed by atoms with Crippen molar-refractivity contribution in [1.82, 2.24) is 9.78 Å². The van der Waals surface area contributed by atoms with Crippen molar-refractivity contribution in [2.24, 2.45) is 0 Å². The van der Waals surface area contributed by atoms with E-state index in [1.54, 1.807) is 0 Å². The van der Waals surface area contributed by atoms with Crippen LogP contribution in [-0.2, 0) is 9.53 Å². The van der Waals surface area contributed by atoms with Gasteiger partial charge in [0.1, 0.15) is 17.4 Å². The number of carbonyl (C=O) groups excluding carboxylic acids is 1. The second-order valence-electron chi connectivity index (χ2n) is 3.24. The van der Waals surface area contributed by atoms with Gasteiger partial charge in [-0.3, -0.25) is 0 Å². The molecule has 17 heavy (non-hydrogen) atoms. The van der Waals surface area contributed by atoms with Crippen molar-refractivity contribution in [3.05, 3.63) is 17.5 Å². The Hall–Kier alpha value is -1.60. The normalized spacial score (nSPS) is 13.2. The molecule has 0 aromatic carbocycles. The molecule has 1 heterocycles. The molecule has 1 aromatic rings. The number of alkyl halides is 4. The zero-order valence-electron chi connectivity index (χ0n) is 9.03. The van der Waals surface area contributed by atoms with E-state index in [4.69, 9.17) is 0 Å². The summed E-state index contributed by atoms with van der Waals surface area (Å²) in [5.74, 6) is -0.837. The molecule has 0 aliphatic heterocycles. The first-order valence-corrected chi connectivity index (χ1v) is 4.62. The van der Waals surface area contributed by atoms with Crippen molar-refractivity contribution >= 4 is 5.97 Å². The van der Waals surface area contributed by atoms with Crippen LogP contribution in [0.2, 0.25) is 0 Å². The van der Waals surface area contributed by atoms with Crippen molar-refractivity contribution in [1.29, 1.82) is 0 Å². The number of aromatic nitrogens is 2. The van der Waals surface area contributed by atoms with Crippen LogP contribution in [0.5, 0.6) is 0 Å². The second-order valence-corrected chi connectivity index (χ2v) is 3.24. The van der Waals surface area contributed by atoms with E-state index >= 15 is 0 Å². The molecule has 0 saturated carbocycles. The molecule has 4 nitrogen and oxygen atoms in total. The predicted molar refractivity (Wildman–Crippen MR) is 48.9 cm³/mol. The van der Waals surface area contributed by atoms with Crippen LogP contribution >= 0.6 is 0 Å². The quantitative estimate of drug-likeness (QED) is 0.612. The highest BCUT2D eigenvalue weighted by Gasteiger charge is 2.27. The first-order valence-electron chi connectivity index (χ1n) is 4.62. The average molecular weight is 254 g/mol. The molecule has 0 saturated heterocycles. The molecule has 0 amide bonds. The molecule has 0 bridgehead atoms. The molecule has 0 aliphatic carbocycles. The van der Waals surface area contributed by atoms with E-state index in [9.17, 15) is 22.4 Å². The second kappa shape index (κ2) is 5.15. The maximum Gasteiger partial charge on any atom is 0.330 e. The number of rotatable bonds is 4. The van der Waals surface area contributed by atoms with Gasteiger partial charge in [0.05, 0.1) is 7.11 Å². The molecule has 96 valence electrons. The molecule has 0 radical (unpaired) electrons. The average Bonchev–Trinajstić information content (AvgIpc) is 2.71. The molecule has 0 spiro atoms. The number of esters is 1. The van der Waals surface area contributed by atoms with Gasteiger partial charge < -0.3 is 4.74 Å². The van der Waals surface area contributed by atoms with Gasteiger partial charge in [-0.15, -0.1) is 0 Å². The third-order valence-electron chi connectivity index (χ3n) is 2.14. The van der Waals surface area contributed by atoms with Crippen molar-refractivity contribution in [2.75, 3.05) is 7.11 Å². The molecule has 1 rings (SSSR count). The van der Waals surface area contributed by atoms with Gasteiger partial charge in [0.25, 0.3) is 12.9 Å². The summed E-state index contributed by atoms with van der Waals surface area (Å²) in [7, 11) is 1.07. The molecule has 1 unspecified atom stereocenters. The number of methoxy groups -OCH3 is 1. The van der Waals surface area contributed by atoms with E-state index < -0.39 is 36.2 Å². The third kappa shape index (κ3) is 2.75. The van der Waals surface area contributed by atoms with Gasteiger partial charge in [-0.2, -0.15) is 5.10 Å². The van der Waals surface area contributed by atoms with Crippen molar-refractivity contribution in [3.63, 3.8) is 0 Å². The first-order chi connectivity index (χ1) is 7.88. The highest BCUT2D eigenvalue weighted by molar-refractivity contribution is 5.73. The van der Waals surface area contributed by atoms with Gasteiger partial charge in [0.2, 0.25) is 0 Å². The minimum atomic E-state index is -3.00. The van der Waals surface area contributed by atoms with Crippen LogP contribution in [0.3, 0.4) is 0 Å². The number of hydrogen-bond donors (Lipinski definition) is 0. The summed E-state index contributed by atoms with van der Waals surface area (Å²) in [4.78, 5) is 11.2. The summed E-state index contributed by atoms with van der Waals surface area (Å²) < 4.78 is 54.7. The lowest BCUT2D eigenvalue weighted by Gasteiger charge is -2.12. The fourth-order valence-corrected chi connectivity index (χ4v) is 1.28. The summed E-state index contributed by atoms with van der Waals surface area (Å²) in [6.07, 6.45) is -5.97. The Labute approximate surface area is 94.2 Å². The lowest BCUT2D eigenvalue weighted by molar-refractivity contribution is -0.144. The van der Waals surface area contributed by atoms with E-state index in [2.05, 4.69) is 9.84 Å². The van der Waals surface area contributed by atoms with Crippen molar-refractivity contribution < 1.29 is 27.1 Å². The van der Waals surface area contributed by atoms with Crippen LogP contribution in [0, 0.1) is 0 Å². The number of nitrogens with zero attached hydrogens (tertiary/aromatic N) is 2. The van der Waals surface area contributed by atoms with E-state index in [-0.39, 0.29) is 0 Å². The number of hydrogen-bond acceptors (Lipinski definition) is 3. The van der Waals surface area contributed by atoms with Gasteiger partial charge >= 0.3 is 5.97 Å². The van der Waals surface area contributed by atoms with Crippen LogP contribution in [0.4, 0.5) is 17.6 Å². The molecule has 0 fully saturated rings. The van der Waals surface area contributed by atoms with Crippen LogP contribution < -0.4 is 0 Å². The molecule has 8 heteroatoms. The summed E-state index contributed by atoms with van der Waals surface area (Å²) >= 11 is 0. The molecular weight excluding hydrogens is 244 g/mol. The zero-order chi connectivity index (χ0) is 13.2. The van der Waals surface area contributed by atoms with E-state index in [1.807, 2.05) is 0 Å². The van der Waals surface area contributed by atoms with Crippen molar-refractivity contribution in [3.8, 4) is 0 Å². The van der Waals surface area contributed by atoms with Crippen molar-refractivity contribution in [2.45, 2.75) is 25.8 Å². The monoisotopic (exact) mass is 254 g/mol. The van der Waals surface area contributed by atoms with Gasteiger partial charge in [-0.1, -0.05) is 0 Å². The fourth-order valence-electron chi connectivity index (χ4n) is 1.28. The topological polar surface area (TPSA) is 44.1 Å². The Bertz CT molecular complexity index is 406. The van der Waals surface area contributed by atoms with Gasteiger partial charge in [-0.05, 0) is 13.0 Å². The standard InChI is InChI=1S/C9H10F4N2O2/c1-4(9(16)17-2)15-6(8(12)13)3-5(14-15)7(10)11/h3-4,7-8H,1-2H3. The minimum Gasteiger partial charge on any atom is -0.467 e. The predicted octanol–water partition coefficient (Wildman–Crippen LogP) is 2.49. The van der Waals surface area contributed by atoms with E-state index in [0.717, 1.165) is 7.11 Å². The SMILES string of the molecule is COC(=O)C(C)n1nc(C(F)F)cc1C(F)F. The maximum atomic E-state index is 12.6. The number of ether oxygens (including phenoxy) is 1. The van der Waals surface area contributed by atoms with Crippen LogP contribution in [0.1, 0.15) is 37.2 Å². The minimum absolute atomic E-state index is 0.554. The molecule has 0 aliphatic rings. The Morgan fingerprint density at radius 1 is 1.35 bits per heavy atom. The van der Waals surface area contributed by atoms with Crippen LogP contribution in [0.15, 0.2) is 6.07 Å². The highest BCUT2D eigenvalue weighted by atomic mass is 19.3. The van der Waals surface area contributed by atoms with Crippen LogP contribution in [0.25, 0.3) is 0 Å². The maximum absolute atomic E-state index is 12.6. The largest absolute Gasteiger partial charge is 0.467 e. The third-order valence-corrected chi connectivity index (χ3v) is 2.14.